The minimum Gasteiger partial charge on any atom is -0.368 e. The molecule has 0 bridgehead atoms. The Hall–Kier alpha value is -2.25. The van der Waals surface area contributed by atoms with Crippen LogP contribution in [0.4, 0.5) is 17.6 Å². The quantitative estimate of drug-likeness (QED) is 0.774. The topological polar surface area (TPSA) is 90.4 Å². The van der Waals surface area contributed by atoms with E-state index in [1.165, 1.54) is 4.90 Å². The fourth-order valence-electron chi connectivity index (χ4n) is 3.16. The fraction of sp³-hybridized carbons (Fsp3) is 0.471. The highest BCUT2D eigenvalue weighted by atomic mass is 16.5. The molecule has 4 N–H and O–H groups in total. The Balaban J connectivity index is 1.80. The number of anilines is 3. The van der Waals surface area contributed by atoms with Crippen LogP contribution in [0.25, 0.3) is 0 Å². The molecule has 1 aliphatic rings. The van der Waals surface area contributed by atoms with Gasteiger partial charge >= 0.3 is 0 Å². The molecule has 3 rings (SSSR count). The van der Waals surface area contributed by atoms with Crippen molar-refractivity contribution in [2.75, 3.05) is 24.1 Å². The zero-order valence-corrected chi connectivity index (χ0v) is 14.4. The van der Waals surface area contributed by atoms with Crippen molar-refractivity contribution in [1.29, 1.82) is 0 Å². The van der Waals surface area contributed by atoms with Crippen molar-refractivity contribution >= 4 is 17.6 Å². The van der Waals surface area contributed by atoms with E-state index in [0.717, 1.165) is 18.8 Å². The summed E-state index contributed by atoms with van der Waals surface area (Å²) >= 11 is 0. The van der Waals surface area contributed by atoms with Crippen molar-refractivity contribution in [3.8, 4) is 0 Å². The first-order valence-electron chi connectivity index (χ1n) is 8.35. The number of nitrogen functional groups attached to an aromatic ring is 1. The number of rotatable bonds is 4. The van der Waals surface area contributed by atoms with E-state index in [1.807, 2.05) is 30.3 Å². The molecule has 1 unspecified atom stereocenters. The molecule has 7 nitrogen and oxygen atoms in total. The van der Waals surface area contributed by atoms with Crippen LogP contribution in [0.3, 0.4) is 0 Å². The molecule has 1 aromatic heterocycles. The molecule has 0 spiro atoms. The lowest BCUT2D eigenvalue weighted by molar-refractivity contribution is -0.944. The van der Waals surface area contributed by atoms with Crippen LogP contribution < -0.4 is 16.0 Å². The molecule has 2 heterocycles. The summed E-state index contributed by atoms with van der Waals surface area (Å²) in [5, 5.41) is 3.18. The Kier molecular flexibility index (Phi) is 4.92. The Labute approximate surface area is 142 Å². The predicted octanol–water partition coefficient (Wildman–Crippen LogP) is 0.950. The normalized spacial score (nSPS) is 25.2. The number of quaternary nitrogens is 1. The van der Waals surface area contributed by atoms with Gasteiger partial charge in [0.15, 0.2) is 5.82 Å². The third-order valence-corrected chi connectivity index (χ3v) is 4.26. The minimum absolute atomic E-state index is 0.125. The lowest BCUT2D eigenvalue weighted by Gasteiger charge is -2.35. The van der Waals surface area contributed by atoms with Gasteiger partial charge in [0.05, 0.1) is 0 Å². The van der Waals surface area contributed by atoms with Gasteiger partial charge < -0.3 is 20.7 Å². The summed E-state index contributed by atoms with van der Waals surface area (Å²) in [4.78, 5) is 14.5. The number of aromatic nitrogens is 3. The van der Waals surface area contributed by atoms with E-state index in [-0.39, 0.29) is 24.2 Å². The summed E-state index contributed by atoms with van der Waals surface area (Å²) in [6.07, 6.45) is 0.458. The summed E-state index contributed by atoms with van der Waals surface area (Å²) in [6, 6.07) is 9.92. The Morgan fingerprint density at radius 1 is 1.12 bits per heavy atom. The standard InChI is InChI=1S/C17H24N6O/c1-11-9-23(10-12(2)24-11)13(3)15-20-16(18)22-17(21-15)19-14-7-5-4-6-8-14/h4-8,11-13H,9-10H2,1-3H3,(H3,18,19,20,21,22)/p+1/t11-,12+,13-/m0/s1. The second-order valence-corrected chi connectivity index (χ2v) is 6.41. The number of hydrogen-bond donors (Lipinski definition) is 3. The van der Waals surface area contributed by atoms with Gasteiger partial charge in [0.2, 0.25) is 11.9 Å². The zero-order valence-electron chi connectivity index (χ0n) is 14.4. The van der Waals surface area contributed by atoms with Crippen LogP contribution >= 0.6 is 0 Å². The molecule has 1 fully saturated rings. The number of benzene rings is 1. The monoisotopic (exact) mass is 329 g/mol. The average molecular weight is 329 g/mol. The van der Waals surface area contributed by atoms with E-state index in [0.29, 0.717) is 11.8 Å². The molecule has 0 aliphatic carbocycles. The summed E-state index contributed by atoms with van der Waals surface area (Å²) in [5.74, 6) is 1.42. The van der Waals surface area contributed by atoms with Crippen molar-refractivity contribution < 1.29 is 9.64 Å². The molecular weight excluding hydrogens is 304 g/mol. The van der Waals surface area contributed by atoms with Crippen LogP contribution in [-0.4, -0.2) is 40.2 Å². The van der Waals surface area contributed by atoms with Crippen molar-refractivity contribution in [3.63, 3.8) is 0 Å². The maximum absolute atomic E-state index is 5.90. The molecule has 0 radical (unpaired) electrons. The number of morpholine rings is 1. The molecule has 1 aliphatic heterocycles. The largest absolute Gasteiger partial charge is 0.368 e. The van der Waals surface area contributed by atoms with Crippen LogP contribution in [0.2, 0.25) is 0 Å². The van der Waals surface area contributed by atoms with Crippen molar-refractivity contribution in [3.05, 3.63) is 36.2 Å². The van der Waals surface area contributed by atoms with E-state index < -0.39 is 0 Å². The lowest BCUT2D eigenvalue weighted by atomic mass is 10.1. The summed E-state index contributed by atoms with van der Waals surface area (Å²) in [6.45, 7) is 8.19. The van der Waals surface area contributed by atoms with Gasteiger partial charge in [0.25, 0.3) is 0 Å². The Morgan fingerprint density at radius 2 is 1.79 bits per heavy atom. The van der Waals surface area contributed by atoms with Crippen LogP contribution in [0.15, 0.2) is 30.3 Å². The van der Waals surface area contributed by atoms with Gasteiger partial charge in [-0.25, -0.2) is 0 Å². The Morgan fingerprint density at radius 3 is 2.46 bits per heavy atom. The van der Waals surface area contributed by atoms with E-state index in [9.17, 15) is 0 Å². The van der Waals surface area contributed by atoms with Gasteiger partial charge in [-0.2, -0.15) is 15.0 Å². The molecule has 4 atom stereocenters. The van der Waals surface area contributed by atoms with E-state index in [2.05, 4.69) is 41.0 Å². The number of nitrogens with one attached hydrogen (secondary N) is 2. The third-order valence-electron chi connectivity index (χ3n) is 4.26. The van der Waals surface area contributed by atoms with Gasteiger partial charge in [-0.15, -0.1) is 0 Å². The first-order chi connectivity index (χ1) is 11.5. The Bertz CT molecular complexity index is 670. The minimum atomic E-state index is 0.125. The summed E-state index contributed by atoms with van der Waals surface area (Å²) in [5.41, 5.74) is 6.82. The summed E-state index contributed by atoms with van der Waals surface area (Å²) < 4.78 is 5.82. The molecule has 24 heavy (non-hydrogen) atoms. The van der Waals surface area contributed by atoms with E-state index >= 15 is 0 Å². The molecular formula is C17H25N6O+. The zero-order chi connectivity index (χ0) is 17.1. The number of para-hydroxylation sites is 1. The SMILES string of the molecule is C[C@@H]1C[NH+]([C@@H](C)c2nc(N)nc(Nc3ccccc3)n2)C[C@H](C)O1. The van der Waals surface area contributed by atoms with Crippen molar-refractivity contribution in [1.82, 2.24) is 15.0 Å². The van der Waals surface area contributed by atoms with Crippen LogP contribution in [-0.2, 0) is 4.74 Å². The summed E-state index contributed by atoms with van der Waals surface area (Å²) in [7, 11) is 0. The molecule has 1 aromatic carbocycles. The van der Waals surface area contributed by atoms with Crippen molar-refractivity contribution in [2.45, 2.75) is 39.0 Å². The second kappa shape index (κ2) is 7.11. The van der Waals surface area contributed by atoms with Gasteiger partial charge in [-0.3, -0.25) is 0 Å². The maximum atomic E-state index is 5.90. The number of nitrogens with two attached hydrogens (primary N) is 1. The molecule has 0 saturated carbocycles. The molecule has 0 amide bonds. The van der Waals surface area contributed by atoms with E-state index in [1.54, 1.807) is 0 Å². The van der Waals surface area contributed by atoms with Crippen LogP contribution in [0.5, 0.6) is 0 Å². The average Bonchev–Trinajstić information content (AvgIpc) is 2.53. The van der Waals surface area contributed by atoms with Gasteiger partial charge in [0, 0.05) is 5.69 Å². The number of ether oxygens (including phenoxy) is 1. The van der Waals surface area contributed by atoms with Crippen LogP contribution in [0.1, 0.15) is 32.6 Å². The predicted molar refractivity (Wildman–Crippen MR) is 93.1 cm³/mol. The van der Waals surface area contributed by atoms with Gasteiger partial charge in [0.1, 0.15) is 31.3 Å². The maximum Gasteiger partial charge on any atom is 0.232 e. The second-order valence-electron chi connectivity index (χ2n) is 6.41. The first kappa shape index (κ1) is 16.6. The van der Waals surface area contributed by atoms with Crippen LogP contribution in [0, 0.1) is 0 Å². The van der Waals surface area contributed by atoms with Gasteiger partial charge in [-0.05, 0) is 32.9 Å². The van der Waals surface area contributed by atoms with E-state index in [4.69, 9.17) is 10.5 Å². The highest BCUT2D eigenvalue weighted by Gasteiger charge is 2.31. The lowest BCUT2D eigenvalue weighted by Crippen LogP contribution is -3.15. The third kappa shape index (κ3) is 3.98. The molecule has 1 saturated heterocycles. The van der Waals surface area contributed by atoms with Gasteiger partial charge in [-0.1, -0.05) is 18.2 Å². The number of nitrogens with zero attached hydrogens (tertiary/aromatic N) is 3. The first-order valence-corrected chi connectivity index (χ1v) is 8.35. The smallest absolute Gasteiger partial charge is 0.232 e. The highest BCUT2D eigenvalue weighted by Crippen LogP contribution is 2.15. The highest BCUT2D eigenvalue weighted by molar-refractivity contribution is 5.53. The fourth-order valence-corrected chi connectivity index (χ4v) is 3.16. The van der Waals surface area contributed by atoms with Crippen molar-refractivity contribution in [2.24, 2.45) is 0 Å². The molecule has 2 aromatic rings. The molecule has 7 heteroatoms. The molecule has 128 valence electrons. The number of hydrogen-bond acceptors (Lipinski definition) is 6.